The molecule has 2 nitrogen and oxygen atoms in total. The highest BCUT2D eigenvalue weighted by Crippen LogP contribution is 2.15. The number of hydrogen-bond acceptors (Lipinski definition) is 2. The average Bonchev–Trinajstić information content (AvgIpc) is 2.09. The van der Waals surface area contributed by atoms with Crippen LogP contribution in [-0.2, 0) is 11.4 Å². The molecule has 0 radical (unpaired) electrons. The zero-order valence-electron chi connectivity index (χ0n) is 9.63. The van der Waals surface area contributed by atoms with Crippen molar-refractivity contribution in [2.45, 2.75) is 27.4 Å². The molecule has 0 fully saturated rings. The molecule has 0 aliphatic rings. The zero-order valence-corrected chi connectivity index (χ0v) is 10.4. The summed E-state index contributed by atoms with van der Waals surface area (Å²) in [5, 5.41) is 4.17. The lowest BCUT2D eigenvalue weighted by Gasteiger charge is -2.09. The van der Waals surface area contributed by atoms with E-state index in [1.165, 1.54) is 12.1 Å². The first-order valence-corrected chi connectivity index (χ1v) is 5.36. The summed E-state index contributed by atoms with van der Waals surface area (Å²) in [6, 6.07) is 4.28. The van der Waals surface area contributed by atoms with Gasteiger partial charge in [0.05, 0.1) is 0 Å². The first-order chi connectivity index (χ1) is 7.37. The molecule has 0 aliphatic carbocycles. The van der Waals surface area contributed by atoms with Crippen molar-refractivity contribution >= 4 is 17.8 Å². The van der Waals surface area contributed by atoms with Gasteiger partial charge in [0.1, 0.15) is 12.4 Å². The van der Waals surface area contributed by atoms with Gasteiger partial charge in [0.15, 0.2) is 0 Å². The van der Waals surface area contributed by atoms with Crippen molar-refractivity contribution in [1.29, 1.82) is 0 Å². The molecule has 1 aromatic carbocycles. The molecule has 0 saturated carbocycles. The van der Waals surface area contributed by atoms with Gasteiger partial charge in [0.25, 0.3) is 0 Å². The highest BCUT2D eigenvalue weighted by Gasteiger charge is 2.05. The molecule has 0 atom stereocenters. The topological polar surface area (TPSA) is 21.6 Å². The maximum atomic E-state index is 12.9. The first-order valence-electron chi connectivity index (χ1n) is 4.98. The second-order valence-electron chi connectivity index (χ2n) is 4.65. The van der Waals surface area contributed by atoms with Crippen LogP contribution in [0, 0.1) is 11.2 Å². The second kappa shape index (κ2) is 5.30. The van der Waals surface area contributed by atoms with Crippen molar-refractivity contribution < 1.29 is 9.23 Å². The molecule has 0 amide bonds. The fourth-order valence-corrected chi connectivity index (χ4v) is 1.25. The standard InChI is InChI=1S/C12H15ClFNO/c1-12(2,3)8-15-16-7-9-4-10(13)6-11(14)5-9/h4-6,8H,7H2,1-3H3/b15-8+. The summed E-state index contributed by atoms with van der Waals surface area (Å²) in [7, 11) is 0. The Balaban J connectivity index is 2.52. The SMILES string of the molecule is CC(C)(C)/C=N/OCc1cc(F)cc(Cl)c1. The average molecular weight is 244 g/mol. The summed E-state index contributed by atoms with van der Waals surface area (Å²) >= 11 is 5.70. The van der Waals surface area contributed by atoms with Gasteiger partial charge in [-0.1, -0.05) is 37.5 Å². The molecule has 1 aromatic rings. The van der Waals surface area contributed by atoms with Crippen LogP contribution in [0.5, 0.6) is 0 Å². The van der Waals surface area contributed by atoms with Crippen molar-refractivity contribution in [3.05, 3.63) is 34.6 Å². The van der Waals surface area contributed by atoms with Gasteiger partial charge in [-0.15, -0.1) is 0 Å². The van der Waals surface area contributed by atoms with E-state index in [9.17, 15) is 4.39 Å². The van der Waals surface area contributed by atoms with E-state index in [4.69, 9.17) is 16.4 Å². The van der Waals surface area contributed by atoms with E-state index in [2.05, 4.69) is 5.16 Å². The van der Waals surface area contributed by atoms with Gasteiger partial charge in [-0.2, -0.15) is 0 Å². The molecule has 0 bridgehead atoms. The Labute approximate surface area is 100 Å². The fourth-order valence-electron chi connectivity index (χ4n) is 1.00. The zero-order chi connectivity index (χ0) is 12.2. The summed E-state index contributed by atoms with van der Waals surface area (Å²) in [6.07, 6.45) is 1.70. The van der Waals surface area contributed by atoms with Gasteiger partial charge >= 0.3 is 0 Å². The van der Waals surface area contributed by atoms with E-state index in [0.717, 1.165) is 0 Å². The Morgan fingerprint density at radius 3 is 2.62 bits per heavy atom. The lowest BCUT2D eigenvalue weighted by Crippen LogP contribution is -2.06. The van der Waals surface area contributed by atoms with Crippen molar-refractivity contribution in [3.8, 4) is 0 Å². The van der Waals surface area contributed by atoms with E-state index in [0.29, 0.717) is 10.6 Å². The van der Waals surface area contributed by atoms with Crippen molar-refractivity contribution in [3.63, 3.8) is 0 Å². The number of benzene rings is 1. The Kier molecular flexibility index (Phi) is 4.30. The number of halogens is 2. The second-order valence-corrected chi connectivity index (χ2v) is 5.09. The molecule has 88 valence electrons. The van der Waals surface area contributed by atoms with Crippen LogP contribution < -0.4 is 0 Å². The summed E-state index contributed by atoms with van der Waals surface area (Å²) in [6.45, 7) is 6.25. The highest BCUT2D eigenvalue weighted by atomic mass is 35.5. The van der Waals surface area contributed by atoms with Gasteiger partial charge in [0, 0.05) is 16.7 Å². The van der Waals surface area contributed by atoms with E-state index >= 15 is 0 Å². The van der Waals surface area contributed by atoms with Crippen molar-refractivity contribution in [2.24, 2.45) is 10.6 Å². The smallest absolute Gasteiger partial charge is 0.142 e. The Morgan fingerprint density at radius 1 is 1.38 bits per heavy atom. The number of rotatable bonds is 3. The molecule has 16 heavy (non-hydrogen) atoms. The Morgan fingerprint density at radius 2 is 2.06 bits per heavy atom. The molecule has 0 saturated heterocycles. The van der Waals surface area contributed by atoms with Crippen molar-refractivity contribution in [1.82, 2.24) is 0 Å². The lowest BCUT2D eigenvalue weighted by molar-refractivity contribution is 0.129. The van der Waals surface area contributed by atoms with E-state index in [-0.39, 0.29) is 17.8 Å². The number of nitrogens with zero attached hydrogens (tertiary/aromatic N) is 1. The molecular formula is C12H15ClFNO. The molecule has 1 rings (SSSR count). The molecule has 4 heteroatoms. The number of oxime groups is 1. The largest absolute Gasteiger partial charge is 0.391 e. The van der Waals surface area contributed by atoms with Gasteiger partial charge in [-0.3, -0.25) is 0 Å². The molecule has 0 unspecified atom stereocenters. The van der Waals surface area contributed by atoms with Gasteiger partial charge in [-0.05, 0) is 23.8 Å². The Hall–Kier alpha value is -1.09. The molecule has 0 N–H and O–H groups in total. The first kappa shape index (κ1) is 13.0. The van der Waals surface area contributed by atoms with Gasteiger partial charge in [-0.25, -0.2) is 4.39 Å². The minimum absolute atomic E-state index is 0.0282. The molecule has 0 aromatic heterocycles. The third-order valence-corrected chi connectivity index (χ3v) is 1.89. The van der Waals surface area contributed by atoms with Crippen LogP contribution in [0.4, 0.5) is 4.39 Å². The minimum Gasteiger partial charge on any atom is -0.391 e. The minimum atomic E-state index is -0.370. The maximum absolute atomic E-state index is 12.9. The third kappa shape index (κ3) is 5.12. The monoisotopic (exact) mass is 243 g/mol. The molecule has 0 spiro atoms. The Bertz CT molecular complexity index is 365. The summed E-state index contributed by atoms with van der Waals surface area (Å²) in [5.41, 5.74) is 0.635. The van der Waals surface area contributed by atoms with Crippen LogP contribution in [0.15, 0.2) is 23.4 Å². The van der Waals surface area contributed by atoms with Crippen LogP contribution in [0.1, 0.15) is 26.3 Å². The van der Waals surface area contributed by atoms with Gasteiger partial charge in [0.2, 0.25) is 0 Å². The third-order valence-electron chi connectivity index (χ3n) is 1.67. The summed E-state index contributed by atoms with van der Waals surface area (Å²) < 4.78 is 12.9. The van der Waals surface area contributed by atoms with Gasteiger partial charge < -0.3 is 4.84 Å². The fraction of sp³-hybridized carbons (Fsp3) is 0.417. The number of hydrogen-bond donors (Lipinski definition) is 0. The summed E-state index contributed by atoms with van der Waals surface area (Å²) in [4.78, 5) is 5.05. The normalized spacial score (nSPS) is 12.1. The van der Waals surface area contributed by atoms with Crippen LogP contribution in [0.2, 0.25) is 5.02 Å². The van der Waals surface area contributed by atoms with Crippen LogP contribution in [0.25, 0.3) is 0 Å². The quantitative estimate of drug-likeness (QED) is 0.580. The van der Waals surface area contributed by atoms with Crippen molar-refractivity contribution in [2.75, 3.05) is 0 Å². The lowest BCUT2D eigenvalue weighted by atomic mass is 10.00. The molecule has 0 heterocycles. The van der Waals surface area contributed by atoms with Crippen LogP contribution in [0.3, 0.4) is 0 Å². The predicted molar refractivity (Wildman–Crippen MR) is 64.1 cm³/mol. The molecular weight excluding hydrogens is 229 g/mol. The maximum Gasteiger partial charge on any atom is 0.142 e. The predicted octanol–water partition coefficient (Wildman–Crippen LogP) is 4.03. The van der Waals surface area contributed by atoms with E-state index in [1.807, 2.05) is 20.8 Å². The van der Waals surface area contributed by atoms with Crippen LogP contribution in [-0.4, -0.2) is 6.21 Å². The highest BCUT2D eigenvalue weighted by molar-refractivity contribution is 6.30. The molecule has 0 aliphatic heterocycles. The van der Waals surface area contributed by atoms with E-state index < -0.39 is 0 Å². The van der Waals surface area contributed by atoms with E-state index in [1.54, 1.807) is 12.3 Å². The van der Waals surface area contributed by atoms with Crippen LogP contribution >= 0.6 is 11.6 Å². The summed E-state index contributed by atoms with van der Waals surface area (Å²) in [5.74, 6) is -0.370.